The van der Waals surface area contributed by atoms with E-state index in [-0.39, 0.29) is 12.6 Å². The molecule has 0 aliphatic carbocycles. The predicted octanol–water partition coefficient (Wildman–Crippen LogP) is 0.0383. The molecule has 4 unspecified atom stereocenters. The van der Waals surface area contributed by atoms with Gasteiger partial charge in [0.2, 0.25) is 0 Å². The monoisotopic (exact) mass is 337 g/mol. The maximum Gasteiger partial charge on any atom is 0.167 e. The second kappa shape index (κ2) is 6.98. The molecule has 0 radical (unpaired) electrons. The molecule has 0 amide bonds. The van der Waals surface area contributed by atoms with E-state index in [1.165, 1.54) is 12.7 Å². The van der Waals surface area contributed by atoms with E-state index in [1.807, 2.05) is 0 Å². The van der Waals surface area contributed by atoms with E-state index >= 15 is 0 Å². The van der Waals surface area contributed by atoms with E-state index in [0.717, 1.165) is 12.8 Å². The molecule has 9 nitrogen and oxygen atoms in total. The summed E-state index contributed by atoms with van der Waals surface area (Å²) in [4.78, 5) is 12.8. The molecule has 0 bridgehead atoms. The molecule has 3 rings (SSSR count). The van der Waals surface area contributed by atoms with Crippen molar-refractivity contribution in [2.24, 2.45) is 0 Å². The summed E-state index contributed by atoms with van der Waals surface area (Å²) in [6.07, 6.45) is 0.787. The lowest BCUT2D eigenvalue weighted by atomic mass is 10.1. The zero-order valence-corrected chi connectivity index (χ0v) is 13.7. The molecule has 1 aliphatic heterocycles. The first kappa shape index (κ1) is 17.0. The minimum Gasteiger partial charge on any atom is -0.394 e. The van der Waals surface area contributed by atoms with Gasteiger partial charge in [0.1, 0.15) is 24.6 Å². The van der Waals surface area contributed by atoms with Crippen LogP contribution < -0.4 is 5.32 Å². The molecule has 0 saturated carbocycles. The van der Waals surface area contributed by atoms with Gasteiger partial charge in [-0.3, -0.25) is 4.57 Å². The largest absolute Gasteiger partial charge is 0.394 e. The van der Waals surface area contributed by atoms with Crippen LogP contribution in [0.4, 0.5) is 5.82 Å². The molecule has 0 aromatic carbocycles. The topological polar surface area (TPSA) is 126 Å². The number of nitrogens with one attached hydrogen (secondary N) is 1. The standard InChI is InChI=1S/C15H23N5O4/c1-3-8(4-2)19-13-10-14(17-6-16-13)20(7-18-10)15-12(23)11(22)9(5-21)24-15/h6-9,11-12,15,21-23H,3-5H2,1-2H3,(H,16,17,19). The van der Waals surface area contributed by atoms with E-state index in [1.54, 1.807) is 4.57 Å². The third-order valence-electron chi connectivity index (χ3n) is 4.48. The summed E-state index contributed by atoms with van der Waals surface area (Å²) >= 11 is 0. The summed E-state index contributed by atoms with van der Waals surface area (Å²) in [5.74, 6) is 0.624. The summed E-state index contributed by atoms with van der Waals surface area (Å²) in [6.45, 7) is 3.81. The molecule has 4 atom stereocenters. The number of imidazole rings is 1. The Kier molecular flexibility index (Phi) is 4.95. The van der Waals surface area contributed by atoms with Crippen LogP contribution in [0.1, 0.15) is 32.9 Å². The van der Waals surface area contributed by atoms with Crippen LogP contribution in [0.5, 0.6) is 0 Å². The van der Waals surface area contributed by atoms with Gasteiger partial charge in [0.25, 0.3) is 0 Å². The summed E-state index contributed by atoms with van der Waals surface area (Å²) in [5, 5.41) is 32.7. The lowest BCUT2D eigenvalue weighted by Crippen LogP contribution is -2.33. The highest BCUT2D eigenvalue weighted by molar-refractivity contribution is 5.82. The zero-order valence-electron chi connectivity index (χ0n) is 13.7. The summed E-state index contributed by atoms with van der Waals surface area (Å²) in [6, 6.07) is 0.280. The Morgan fingerprint density at radius 2 is 1.96 bits per heavy atom. The van der Waals surface area contributed by atoms with Gasteiger partial charge in [-0.25, -0.2) is 15.0 Å². The van der Waals surface area contributed by atoms with Gasteiger partial charge in [0, 0.05) is 6.04 Å². The molecule has 1 saturated heterocycles. The van der Waals surface area contributed by atoms with Gasteiger partial charge in [-0.05, 0) is 12.8 Å². The molecule has 1 aliphatic rings. The number of hydrogen-bond acceptors (Lipinski definition) is 8. The lowest BCUT2D eigenvalue weighted by molar-refractivity contribution is -0.0511. The van der Waals surface area contributed by atoms with Gasteiger partial charge in [0.15, 0.2) is 23.2 Å². The van der Waals surface area contributed by atoms with Crippen LogP contribution in [0, 0.1) is 0 Å². The number of aliphatic hydroxyl groups is 3. The number of nitrogens with zero attached hydrogens (tertiary/aromatic N) is 4. The Morgan fingerprint density at radius 3 is 2.58 bits per heavy atom. The van der Waals surface area contributed by atoms with Crippen LogP contribution in [0.3, 0.4) is 0 Å². The van der Waals surface area contributed by atoms with Crippen molar-refractivity contribution in [3.63, 3.8) is 0 Å². The molecule has 132 valence electrons. The molecule has 2 aromatic rings. The van der Waals surface area contributed by atoms with Crippen LogP contribution in [-0.2, 0) is 4.74 Å². The van der Waals surface area contributed by atoms with E-state index < -0.39 is 24.5 Å². The highest BCUT2D eigenvalue weighted by atomic mass is 16.6. The van der Waals surface area contributed by atoms with Crippen molar-refractivity contribution >= 4 is 17.0 Å². The van der Waals surface area contributed by atoms with Crippen LogP contribution >= 0.6 is 0 Å². The normalized spacial score (nSPS) is 27.2. The Balaban J connectivity index is 1.94. The first-order valence-electron chi connectivity index (χ1n) is 8.17. The SMILES string of the molecule is CCC(CC)Nc1ncnc2c1ncn2C1OC(CO)C(O)C1O. The fourth-order valence-electron chi connectivity index (χ4n) is 2.94. The van der Waals surface area contributed by atoms with E-state index in [9.17, 15) is 15.3 Å². The molecule has 3 heterocycles. The number of rotatable bonds is 6. The van der Waals surface area contributed by atoms with Gasteiger partial charge in [-0.15, -0.1) is 0 Å². The zero-order chi connectivity index (χ0) is 17.3. The molecule has 2 aromatic heterocycles. The first-order valence-corrected chi connectivity index (χ1v) is 8.17. The number of fused-ring (bicyclic) bond motifs is 1. The predicted molar refractivity (Wildman–Crippen MR) is 86.3 cm³/mol. The Hall–Kier alpha value is -1.81. The van der Waals surface area contributed by atoms with Gasteiger partial charge in [-0.1, -0.05) is 13.8 Å². The first-order chi connectivity index (χ1) is 11.6. The fraction of sp³-hybridized carbons (Fsp3) is 0.667. The number of hydrogen-bond donors (Lipinski definition) is 4. The van der Waals surface area contributed by atoms with Crippen LogP contribution in [0.15, 0.2) is 12.7 Å². The Labute approximate surface area is 139 Å². The summed E-state index contributed by atoms with van der Waals surface area (Å²) in [5.41, 5.74) is 1.07. The maximum atomic E-state index is 10.2. The highest BCUT2D eigenvalue weighted by Gasteiger charge is 2.44. The van der Waals surface area contributed by atoms with Crippen molar-refractivity contribution in [1.29, 1.82) is 0 Å². The number of aromatic nitrogens is 4. The van der Waals surface area contributed by atoms with Crippen molar-refractivity contribution in [2.45, 2.75) is 57.3 Å². The minimum atomic E-state index is -1.18. The number of aliphatic hydroxyl groups excluding tert-OH is 3. The molecule has 1 fully saturated rings. The fourth-order valence-corrected chi connectivity index (χ4v) is 2.94. The van der Waals surface area contributed by atoms with Crippen LogP contribution in [0.25, 0.3) is 11.2 Å². The van der Waals surface area contributed by atoms with Gasteiger partial charge in [-0.2, -0.15) is 0 Å². The summed E-state index contributed by atoms with van der Waals surface area (Å²) < 4.78 is 7.10. The van der Waals surface area contributed by atoms with Crippen molar-refractivity contribution in [2.75, 3.05) is 11.9 Å². The highest BCUT2D eigenvalue weighted by Crippen LogP contribution is 2.32. The quantitative estimate of drug-likeness (QED) is 0.582. The number of ether oxygens (including phenoxy) is 1. The van der Waals surface area contributed by atoms with Crippen molar-refractivity contribution < 1.29 is 20.1 Å². The van der Waals surface area contributed by atoms with E-state index in [4.69, 9.17) is 4.74 Å². The lowest BCUT2D eigenvalue weighted by Gasteiger charge is -2.17. The van der Waals surface area contributed by atoms with Crippen LogP contribution in [0.2, 0.25) is 0 Å². The van der Waals surface area contributed by atoms with E-state index in [0.29, 0.717) is 17.0 Å². The van der Waals surface area contributed by atoms with Gasteiger partial charge in [0.05, 0.1) is 12.9 Å². The molecule has 0 spiro atoms. The maximum absolute atomic E-state index is 10.2. The minimum absolute atomic E-state index is 0.280. The Morgan fingerprint density at radius 1 is 1.21 bits per heavy atom. The van der Waals surface area contributed by atoms with Crippen molar-refractivity contribution in [1.82, 2.24) is 19.5 Å². The van der Waals surface area contributed by atoms with E-state index in [2.05, 4.69) is 34.1 Å². The van der Waals surface area contributed by atoms with Crippen molar-refractivity contribution in [3.05, 3.63) is 12.7 Å². The third-order valence-corrected chi connectivity index (χ3v) is 4.48. The Bertz CT molecular complexity index is 690. The smallest absolute Gasteiger partial charge is 0.167 e. The van der Waals surface area contributed by atoms with Crippen molar-refractivity contribution in [3.8, 4) is 0 Å². The molecule has 4 N–H and O–H groups in total. The third kappa shape index (κ3) is 2.84. The van der Waals surface area contributed by atoms with Gasteiger partial charge >= 0.3 is 0 Å². The number of anilines is 1. The second-order valence-electron chi connectivity index (χ2n) is 5.93. The molecular formula is C15H23N5O4. The average molecular weight is 337 g/mol. The summed E-state index contributed by atoms with van der Waals surface area (Å²) in [7, 11) is 0. The van der Waals surface area contributed by atoms with Crippen LogP contribution in [-0.4, -0.2) is 65.8 Å². The second-order valence-corrected chi connectivity index (χ2v) is 5.93. The van der Waals surface area contributed by atoms with Gasteiger partial charge < -0.3 is 25.4 Å². The molecule has 24 heavy (non-hydrogen) atoms. The average Bonchev–Trinajstić information content (AvgIpc) is 3.15. The molecular weight excluding hydrogens is 314 g/mol. The molecule has 9 heteroatoms.